The predicted octanol–water partition coefficient (Wildman–Crippen LogP) is 5.72. The molecule has 0 unspecified atom stereocenters. The van der Waals surface area contributed by atoms with Crippen LogP contribution in [0, 0.1) is 5.41 Å². The molecule has 3 aliphatic rings. The van der Waals surface area contributed by atoms with Crippen molar-refractivity contribution < 1.29 is 22.7 Å². The minimum atomic E-state index is -3.83. The van der Waals surface area contributed by atoms with Gasteiger partial charge in [-0.1, -0.05) is 30.9 Å². The highest BCUT2D eigenvalue weighted by Gasteiger charge is 2.51. The second kappa shape index (κ2) is 8.55. The van der Waals surface area contributed by atoms with Crippen molar-refractivity contribution in [1.29, 1.82) is 0 Å². The molecule has 2 aromatic rings. The van der Waals surface area contributed by atoms with Gasteiger partial charge in [-0.15, -0.1) is 0 Å². The van der Waals surface area contributed by atoms with E-state index < -0.39 is 26.9 Å². The van der Waals surface area contributed by atoms with Crippen molar-refractivity contribution in [3.05, 3.63) is 40.8 Å². The fraction of sp³-hybridized carbons (Fsp3) is 0.542. The predicted molar refractivity (Wildman–Crippen MR) is 125 cm³/mol. The van der Waals surface area contributed by atoms with E-state index in [2.05, 4.69) is 10.6 Å². The molecule has 1 atom stereocenters. The Morgan fingerprint density at radius 2 is 1.88 bits per heavy atom. The van der Waals surface area contributed by atoms with Gasteiger partial charge in [-0.25, -0.2) is 13.2 Å². The summed E-state index contributed by atoms with van der Waals surface area (Å²) >= 11 is 6.24. The monoisotopic (exact) mass is 492 g/mol. The Balaban J connectivity index is 1.32. The molecular weight excluding hydrogens is 464 g/mol. The van der Waals surface area contributed by atoms with Crippen molar-refractivity contribution in [2.24, 2.45) is 5.41 Å². The lowest BCUT2D eigenvalue weighted by Gasteiger charge is -2.49. The van der Waals surface area contributed by atoms with Crippen LogP contribution in [0.15, 0.2) is 33.8 Å². The van der Waals surface area contributed by atoms with Gasteiger partial charge in [0.25, 0.3) is 0 Å². The molecule has 0 bridgehead atoms. The maximum Gasteiger partial charge on any atom is 0.319 e. The van der Waals surface area contributed by atoms with E-state index in [1.54, 1.807) is 6.26 Å². The topological polar surface area (TPSA) is 109 Å². The van der Waals surface area contributed by atoms with Crippen molar-refractivity contribution >= 4 is 33.2 Å². The van der Waals surface area contributed by atoms with Crippen molar-refractivity contribution in [3.63, 3.8) is 0 Å². The van der Waals surface area contributed by atoms with Gasteiger partial charge in [-0.3, -0.25) is 0 Å². The summed E-state index contributed by atoms with van der Waals surface area (Å²) in [7, 11) is -3.83. The smallest absolute Gasteiger partial charge is 0.319 e. The minimum absolute atomic E-state index is 0.0117. The van der Waals surface area contributed by atoms with Gasteiger partial charge in [-0.05, 0) is 74.1 Å². The Bertz CT molecular complexity index is 1160. The minimum Gasteiger partial charge on any atom is -0.504 e. The molecule has 5 rings (SSSR count). The largest absolute Gasteiger partial charge is 0.504 e. The molecule has 2 fully saturated rings. The average molecular weight is 493 g/mol. The molecular formula is C24H29ClN2O5S. The SMILES string of the molecule is O=C(Nc1ccc(Cl)c(S(=O)(=O)C2CC3(CCCCC3)C2)c1O)N[C@H]1CCCc2ccoc21. The van der Waals surface area contributed by atoms with Crippen LogP contribution < -0.4 is 10.6 Å². The molecule has 0 radical (unpaired) electrons. The molecule has 3 aliphatic carbocycles. The molecule has 3 N–H and O–H groups in total. The average Bonchev–Trinajstić information content (AvgIpc) is 3.24. The van der Waals surface area contributed by atoms with Crippen LogP contribution in [0.5, 0.6) is 5.75 Å². The Hall–Kier alpha value is -2.19. The third-order valence-corrected chi connectivity index (χ3v) is 10.3. The van der Waals surface area contributed by atoms with Gasteiger partial charge < -0.3 is 20.2 Å². The van der Waals surface area contributed by atoms with E-state index >= 15 is 0 Å². The van der Waals surface area contributed by atoms with Crippen LogP contribution in [-0.2, 0) is 16.3 Å². The van der Waals surface area contributed by atoms with E-state index in [1.807, 2.05) is 6.07 Å². The van der Waals surface area contributed by atoms with Crippen LogP contribution in [0.1, 0.15) is 75.2 Å². The molecule has 1 aromatic carbocycles. The number of carbonyl (C=O) groups excluding carboxylic acids is 1. The molecule has 2 amide bonds. The van der Waals surface area contributed by atoms with Crippen LogP contribution in [-0.4, -0.2) is 24.8 Å². The first-order chi connectivity index (χ1) is 15.8. The number of furan rings is 1. The summed E-state index contributed by atoms with van der Waals surface area (Å²) in [6, 6.07) is 3.91. The Labute approximate surface area is 198 Å². The van der Waals surface area contributed by atoms with E-state index in [9.17, 15) is 18.3 Å². The number of halogens is 1. The van der Waals surface area contributed by atoms with Gasteiger partial charge >= 0.3 is 6.03 Å². The van der Waals surface area contributed by atoms with E-state index in [4.69, 9.17) is 16.0 Å². The van der Waals surface area contributed by atoms with Crippen molar-refractivity contribution in [1.82, 2.24) is 5.32 Å². The number of aryl methyl sites for hydroxylation is 1. The summed E-state index contributed by atoms with van der Waals surface area (Å²) in [6.07, 6.45) is 11.0. The zero-order chi connectivity index (χ0) is 23.2. The molecule has 1 spiro atoms. The van der Waals surface area contributed by atoms with E-state index in [0.29, 0.717) is 12.8 Å². The van der Waals surface area contributed by atoms with Crippen molar-refractivity contribution in [2.75, 3.05) is 5.32 Å². The fourth-order valence-electron chi connectivity index (χ4n) is 5.86. The summed E-state index contributed by atoms with van der Waals surface area (Å²) in [6.45, 7) is 0. The number of fused-ring (bicyclic) bond motifs is 1. The molecule has 1 aromatic heterocycles. The number of nitrogens with one attached hydrogen (secondary N) is 2. The van der Waals surface area contributed by atoms with Crippen LogP contribution in [0.3, 0.4) is 0 Å². The lowest BCUT2D eigenvalue weighted by atomic mass is 9.60. The maximum absolute atomic E-state index is 13.4. The maximum atomic E-state index is 13.4. The van der Waals surface area contributed by atoms with Gasteiger partial charge in [0.2, 0.25) is 0 Å². The van der Waals surface area contributed by atoms with Gasteiger partial charge in [-0.2, -0.15) is 0 Å². The number of aromatic hydroxyl groups is 1. The van der Waals surface area contributed by atoms with E-state index in [1.165, 1.54) is 18.6 Å². The highest BCUT2D eigenvalue weighted by Crippen LogP contribution is 2.56. The van der Waals surface area contributed by atoms with Gasteiger partial charge in [0, 0.05) is 0 Å². The number of urea groups is 1. The number of carbonyl (C=O) groups is 1. The Morgan fingerprint density at radius 3 is 2.64 bits per heavy atom. The van der Waals surface area contributed by atoms with E-state index in [0.717, 1.165) is 56.3 Å². The molecule has 33 heavy (non-hydrogen) atoms. The first kappa shape index (κ1) is 22.6. The highest BCUT2D eigenvalue weighted by atomic mass is 35.5. The quantitative estimate of drug-likeness (QED) is 0.472. The number of hydrogen-bond donors (Lipinski definition) is 3. The number of rotatable bonds is 4. The summed E-state index contributed by atoms with van der Waals surface area (Å²) in [4.78, 5) is 12.4. The van der Waals surface area contributed by atoms with Crippen molar-refractivity contribution in [2.45, 2.75) is 80.4 Å². The van der Waals surface area contributed by atoms with Gasteiger partial charge in [0.15, 0.2) is 15.6 Å². The Kier molecular flexibility index (Phi) is 5.85. The number of sulfone groups is 1. The second-order valence-electron chi connectivity index (χ2n) is 9.76. The highest BCUT2D eigenvalue weighted by molar-refractivity contribution is 7.92. The zero-order valence-electron chi connectivity index (χ0n) is 18.4. The van der Waals surface area contributed by atoms with Crippen LogP contribution in [0.25, 0.3) is 0 Å². The molecule has 178 valence electrons. The second-order valence-corrected chi connectivity index (χ2v) is 12.3. The van der Waals surface area contributed by atoms with Gasteiger partial charge in [0.05, 0.1) is 28.3 Å². The number of hydrogen-bond acceptors (Lipinski definition) is 5. The van der Waals surface area contributed by atoms with Crippen LogP contribution in [0.4, 0.5) is 10.5 Å². The summed E-state index contributed by atoms with van der Waals surface area (Å²) in [5.74, 6) is 0.228. The van der Waals surface area contributed by atoms with E-state index in [-0.39, 0.29) is 27.1 Å². The number of phenolic OH excluding ortho intramolecular Hbond substituents is 1. The number of benzene rings is 1. The fourth-order valence-corrected chi connectivity index (χ4v) is 8.54. The van der Waals surface area contributed by atoms with Crippen molar-refractivity contribution in [3.8, 4) is 5.75 Å². The first-order valence-electron chi connectivity index (χ1n) is 11.7. The molecule has 7 nitrogen and oxygen atoms in total. The summed E-state index contributed by atoms with van der Waals surface area (Å²) in [5.41, 5.74) is 1.21. The summed E-state index contributed by atoms with van der Waals surface area (Å²) < 4.78 is 32.2. The van der Waals surface area contributed by atoms with Crippen LogP contribution >= 0.6 is 11.6 Å². The Morgan fingerprint density at radius 1 is 1.12 bits per heavy atom. The third kappa shape index (κ3) is 4.12. The number of anilines is 1. The molecule has 9 heteroatoms. The molecule has 0 aliphatic heterocycles. The standard InChI is InChI=1S/C24H29ClN2O5S/c25-17-7-8-18(26-23(29)27-19-6-4-5-15-9-12-32-21(15)19)20(28)22(17)33(30,31)16-13-24(14-16)10-2-1-3-11-24/h7-9,12,16,19,28H,1-6,10-11,13-14H2,(H2,26,27,29)/t19-/m0/s1. The lowest BCUT2D eigenvalue weighted by molar-refractivity contribution is 0.0811. The van der Waals surface area contributed by atoms with Gasteiger partial charge in [0.1, 0.15) is 10.7 Å². The molecule has 1 heterocycles. The molecule has 0 saturated heterocycles. The third-order valence-electron chi connectivity index (χ3n) is 7.63. The lowest BCUT2D eigenvalue weighted by Crippen LogP contribution is -2.46. The number of amides is 2. The first-order valence-corrected chi connectivity index (χ1v) is 13.6. The molecule has 2 saturated carbocycles. The number of phenols is 1. The zero-order valence-corrected chi connectivity index (χ0v) is 20.0. The summed E-state index contributed by atoms with van der Waals surface area (Å²) in [5, 5.41) is 15.7. The normalized spacial score (nSPS) is 22.4. The van der Waals surface area contributed by atoms with Crippen LogP contribution in [0.2, 0.25) is 5.02 Å².